The molecular formula is C27H63N9. The summed E-state index contributed by atoms with van der Waals surface area (Å²) in [4.78, 5) is 0. The summed E-state index contributed by atoms with van der Waals surface area (Å²) in [7, 11) is 6.01. The second kappa shape index (κ2) is 26.3. The van der Waals surface area contributed by atoms with E-state index in [9.17, 15) is 0 Å². The zero-order valence-electron chi connectivity index (χ0n) is 24.1. The van der Waals surface area contributed by atoms with Crippen molar-refractivity contribution in [2.75, 3.05) is 119 Å². The molecular weight excluding hydrogens is 450 g/mol. The Bertz CT molecular complexity index is 441. The van der Waals surface area contributed by atoms with Gasteiger partial charge in [0.15, 0.2) is 0 Å². The third-order valence-corrected chi connectivity index (χ3v) is 7.45. The number of rotatable bonds is 27. The summed E-state index contributed by atoms with van der Waals surface area (Å²) in [6, 6.07) is 0. The molecule has 0 heterocycles. The van der Waals surface area contributed by atoms with Gasteiger partial charge in [-0.15, -0.1) is 0 Å². The SMILES string of the molecule is CNCCNCCNCCC1CCC(CCNCCNCCNC)C(CCNCCNCCNC)C1. The fourth-order valence-corrected chi connectivity index (χ4v) is 5.22. The minimum atomic E-state index is 0.868. The summed E-state index contributed by atoms with van der Waals surface area (Å²) in [5, 5.41) is 31.0. The molecule has 216 valence electrons. The van der Waals surface area contributed by atoms with E-state index in [0.29, 0.717) is 0 Å². The van der Waals surface area contributed by atoms with Crippen LogP contribution in [0.15, 0.2) is 0 Å². The zero-order chi connectivity index (χ0) is 25.9. The molecule has 1 fully saturated rings. The van der Waals surface area contributed by atoms with Gasteiger partial charge in [-0.1, -0.05) is 6.42 Å². The molecule has 36 heavy (non-hydrogen) atoms. The molecule has 3 atom stereocenters. The maximum atomic E-state index is 3.69. The van der Waals surface area contributed by atoms with Crippen LogP contribution in [0, 0.1) is 17.8 Å². The van der Waals surface area contributed by atoms with Crippen molar-refractivity contribution in [3.63, 3.8) is 0 Å². The fourth-order valence-electron chi connectivity index (χ4n) is 5.22. The maximum Gasteiger partial charge on any atom is 0.00772 e. The van der Waals surface area contributed by atoms with Gasteiger partial charge in [0.25, 0.3) is 0 Å². The van der Waals surface area contributed by atoms with Crippen LogP contribution >= 0.6 is 0 Å². The molecule has 0 radical (unpaired) electrons. The van der Waals surface area contributed by atoms with Crippen LogP contribution in [-0.2, 0) is 0 Å². The number of hydrogen-bond donors (Lipinski definition) is 9. The number of hydrogen-bond acceptors (Lipinski definition) is 9. The lowest BCUT2D eigenvalue weighted by Crippen LogP contribution is -2.35. The largest absolute Gasteiger partial charge is 0.318 e. The molecule has 1 aliphatic rings. The molecule has 9 heteroatoms. The van der Waals surface area contributed by atoms with Crippen molar-refractivity contribution in [2.24, 2.45) is 17.8 Å². The quantitative estimate of drug-likeness (QED) is 0.0665. The van der Waals surface area contributed by atoms with Gasteiger partial charge in [0.1, 0.15) is 0 Å². The predicted molar refractivity (Wildman–Crippen MR) is 157 cm³/mol. The van der Waals surface area contributed by atoms with Gasteiger partial charge >= 0.3 is 0 Å². The average molecular weight is 514 g/mol. The molecule has 9 nitrogen and oxygen atoms in total. The van der Waals surface area contributed by atoms with Crippen LogP contribution < -0.4 is 47.9 Å². The minimum Gasteiger partial charge on any atom is -0.318 e. The van der Waals surface area contributed by atoms with Crippen molar-refractivity contribution in [3.05, 3.63) is 0 Å². The summed E-state index contributed by atoms with van der Waals surface area (Å²) in [6.45, 7) is 16.1. The first-order chi connectivity index (χ1) is 17.8. The molecule has 1 aliphatic carbocycles. The Hall–Kier alpha value is -0.360. The molecule has 1 rings (SSSR count). The highest BCUT2D eigenvalue weighted by Crippen LogP contribution is 2.38. The van der Waals surface area contributed by atoms with E-state index in [2.05, 4.69) is 47.9 Å². The van der Waals surface area contributed by atoms with Crippen molar-refractivity contribution in [1.29, 1.82) is 0 Å². The number of nitrogens with one attached hydrogen (secondary N) is 9. The first-order valence-electron chi connectivity index (χ1n) is 15.0. The molecule has 0 aromatic rings. The standard InChI is InChI=1S/C27H63N9/c1-28-12-15-34-21-18-31-9-6-25-4-5-26(7-10-32-19-22-35-16-13-29-2)27(24-25)8-11-33-20-23-36-17-14-30-3/h25-36H,4-24H2,1-3H3. The van der Waals surface area contributed by atoms with Gasteiger partial charge in [0, 0.05) is 78.5 Å². The Kier molecular flexibility index (Phi) is 24.6. The van der Waals surface area contributed by atoms with E-state index in [0.717, 1.165) is 116 Å². The molecule has 0 saturated heterocycles. The highest BCUT2D eigenvalue weighted by Gasteiger charge is 2.29. The maximum absolute atomic E-state index is 3.69. The van der Waals surface area contributed by atoms with E-state index in [1.54, 1.807) is 0 Å². The minimum absolute atomic E-state index is 0.868. The Morgan fingerprint density at radius 2 is 0.750 bits per heavy atom. The lowest BCUT2D eigenvalue weighted by molar-refractivity contribution is 0.154. The second-order valence-electron chi connectivity index (χ2n) is 10.4. The molecule has 0 amide bonds. The van der Waals surface area contributed by atoms with Gasteiger partial charge in [-0.25, -0.2) is 0 Å². The van der Waals surface area contributed by atoms with Crippen LogP contribution in [0.25, 0.3) is 0 Å². The van der Waals surface area contributed by atoms with E-state index in [1.807, 2.05) is 21.1 Å². The van der Waals surface area contributed by atoms with Gasteiger partial charge in [-0.3, -0.25) is 0 Å². The van der Waals surface area contributed by atoms with E-state index < -0.39 is 0 Å². The van der Waals surface area contributed by atoms with Crippen LogP contribution in [0.4, 0.5) is 0 Å². The third kappa shape index (κ3) is 19.7. The van der Waals surface area contributed by atoms with Crippen molar-refractivity contribution in [1.82, 2.24) is 47.9 Å². The van der Waals surface area contributed by atoms with Crippen LogP contribution in [-0.4, -0.2) is 119 Å². The topological polar surface area (TPSA) is 108 Å². The average Bonchev–Trinajstić information content (AvgIpc) is 2.89. The van der Waals surface area contributed by atoms with Gasteiger partial charge in [0.2, 0.25) is 0 Å². The summed E-state index contributed by atoms with van der Waals surface area (Å²) in [5.74, 6) is 2.64. The molecule has 0 aliphatic heterocycles. The molecule has 3 unspecified atom stereocenters. The summed E-state index contributed by atoms with van der Waals surface area (Å²) >= 11 is 0. The zero-order valence-corrected chi connectivity index (χ0v) is 24.1. The highest BCUT2D eigenvalue weighted by atomic mass is 15.0. The van der Waals surface area contributed by atoms with Gasteiger partial charge in [-0.05, 0) is 90.6 Å². The van der Waals surface area contributed by atoms with Crippen molar-refractivity contribution in [2.45, 2.75) is 38.5 Å². The predicted octanol–water partition coefficient (Wildman–Crippen LogP) is -0.615. The van der Waals surface area contributed by atoms with Crippen molar-refractivity contribution >= 4 is 0 Å². The van der Waals surface area contributed by atoms with Gasteiger partial charge < -0.3 is 47.9 Å². The Labute approximate surface area is 223 Å². The fraction of sp³-hybridized carbons (Fsp3) is 1.00. The third-order valence-electron chi connectivity index (χ3n) is 7.45. The summed E-state index contributed by atoms with van der Waals surface area (Å²) in [6.07, 6.45) is 8.23. The molecule has 9 N–H and O–H groups in total. The molecule has 0 aromatic carbocycles. The van der Waals surface area contributed by atoms with Crippen molar-refractivity contribution < 1.29 is 0 Å². The molecule has 0 bridgehead atoms. The van der Waals surface area contributed by atoms with Crippen LogP contribution in [0.1, 0.15) is 38.5 Å². The molecule has 1 saturated carbocycles. The number of likely N-dealkylation sites (N-methyl/N-ethyl adjacent to an activating group) is 3. The first-order valence-corrected chi connectivity index (χ1v) is 15.0. The van der Waals surface area contributed by atoms with Crippen LogP contribution in [0.2, 0.25) is 0 Å². The summed E-state index contributed by atoms with van der Waals surface area (Å²) < 4.78 is 0. The summed E-state index contributed by atoms with van der Waals surface area (Å²) in [5.41, 5.74) is 0. The van der Waals surface area contributed by atoms with Gasteiger partial charge in [-0.2, -0.15) is 0 Å². The van der Waals surface area contributed by atoms with E-state index in [-0.39, 0.29) is 0 Å². The smallest absolute Gasteiger partial charge is 0.00772 e. The molecule has 0 aromatic heterocycles. The van der Waals surface area contributed by atoms with E-state index >= 15 is 0 Å². The Morgan fingerprint density at radius 3 is 1.19 bits per heavy atom. The van der Waals surface area contributed by atoms with Crippen molar-refractivity contribution in [3.8, 4) is 0 Å². The second-order valence-corrected chi connectivity index (χ2v) is 10.4. The Balaban J connectivity index is 2.26. The van der Waals surface area contributed by atoms with E-state index in [1.165, 1.54) is 38.5 Å². The Morgan fingerprint density at radius 1 is 0.389 bits per heavy atom. The monoisotopic (exact) mass is 514 g/mol. The highest BCUT2D eigenvalue weighted by molar-refractivity contribution is 4.82. The normalized spacial score (nSPS) is 20.2. The lowest BCUT2D eigenvalue weighted by atomic mass is 9.70. The van der Waals surface area contributed by atoms with Crippen LogP contribution in [0.3, 0.4) is 0 Å². The molecule has 0 spiro atoms. The van der Waals surface area contributed by atoms with Gasteiger partial charge in [0.05, 0.1) is 0 Å². The first kappa shape index (κ1) is 33.7. The van der Waals surface area contributed by atoms with E-state index in [4.69, 9.17) is 0 Å². The lowest BCUT2D eigenvalue weighted by Gasteiger charge is -2.37. The van der Waals surface area contributed by atoms with Crippen LogP contribution in [0.5, 0.6) is 0 Å².